The van der Waals surface area contributed by atoms with Crippen LogP contribution in [0.5, 0.6) is 0 Å². The molecule has 2 amide bonds. The van der Waals surface area contributed by atoms with Crippen molar-refractivity contribution in [1.29, 1.82) is 0 Å². The minimum absolute atomic E-state index is 0.0245. The van der Waals surface area contributed by atoms with Crippen molar-refractivity contribution in [3.63, 3.8) is 0 Å². The van der Waals surface area contributed by atoms with Crippen LogP contribution in [0.15, 0.2) is 12.7 Å². The molecule has 0 saturated heterocycles. The molecule has 0 aliphatic rings. The van der Waals surface area contributed by atoms with Crippen LogP contribution >= 0.6 is 0 Å². The fourth-order valence-electron chi connectivity index (χ4n) is 1.80. The highest BCUT2D eigenvalue weighted by molar-refractivity contribution is 5.74. The number of rotatable bonds is 7. The molecule has 108 valence electrons. The lowest BCUT2D eigenvalue weighted by molar-refractivity contribution is 0.215. The van der Waals surface area contributed by atoms with Crippen LogP contribution in [0, 0.1) is 5.92 Å². The van der Waals surface area contributed by atoms with Gasteiger partial charge in [-0.2, -0.15) is 5.10 Å². The van der Waals surface area contributed by atoms with Crippen molar-refractivity contribution >= 4 is 6.03 Å². The molecule has 0 aliphatic heterocycles. The highest BCUT2D eigenvalue weighted by atomic mass is 16.3. The monoisotopic (exact) mass is 269 g/mol. The summed E-state index contributed by atoms with van der Waals surface area (Å²) < 4.78 is 1.67. The number of carbonyl (C=O) groups excluding carboxylic acids is 1. The summed E-state index contributed by atoms with van der Waals surface area (Å²) in [6.45, 7) is 6.56. The minimum atomic E-state index is -0.222. The van der Waals surface area contributed by atoms with Gasteiger partial charge in [0.15, 0.2) is 0 Å². The minimum Gasteiger partial charge on any atom is -0.396 e. The van der Waals surface area contributed by atoms with Gasteiger partial charge in [-0.1, -0.05) is 13.8 Å². The Labute approximate surface area is 113 Å². The van der Waals surface area contributed by atoms with Gasteiger partial charge in [-0.15, -0.1) is 0 Å². The van der Waals surface area contributed by atoms with Gasteiger partial charge in [0.25, 0.3) is 0 Å². The van der Waals surface area contributed by atoms with E-state index in [0.29, 0.717) is 13.0 Å². The molecule has 0 spiro atoms. The summed E-state index contributed by atoms with van der Waals surface area (Å²) >= 11 is 0. The highest BCUT2D eigenvalue weighted by Crippen LogP contribution is 2.05. The summed E-state index contributed by atoms with van der Waals surface area (Å²) in [5, 5.41) is 18.7. The first-order valence-corrected chi connectivity index (χ1v) is 6.53. The first kappa shape index (κ1) is 15.4. The van der Waals surface area contributed by atoms with Crippen LogP contribution in [0.2, 0.25) is 0 Å². The molecule has 3 N–H and O–H groups in total. The predicted octanol–water partition coefficient (Wildman–Crippen LogP) is 0.373. The van der Waals surface area contributed by atoms with Crippen LogP contribution in [-0.4, -0.2) is 44.6 Å². The van der Waals surface area contributed by atoms with E-state index >= 15 is 0 Å². The smallest absolute Gasteiger partial charge is 0.315 e. The third-order valence-electron chi connectivity index (χ3n) is 2.87. The van der Waals surface area contributed by atoms with Crippen LogP contribution in [0.3, 0.4) is 0 Å². The average molecular weight is 269 g/mol. The van der Waals surface area contributed by atoms with Crippen molar-refractivity contribution in [3.8, 4) is 0 Å². The lowest BCUT2D eigenvalue weighted by Crippen LogP contribution is -2.48. The molecule has 7 heteroatoms. The Morgan fingerprint density at radius 1 is 1.37 bits per heavy atom. The molecule has 0 saturated carbocycles. The Morgan fingerprint density at radius 2 is 2.11 bits per heavy atom. The average Bonchev–Trinajstić information content (AvgIpc) is 2.80. The molecule has 2 unspecified atom stereocenters. The molecule has 0 radical (unpaired) electrons. The van der Waals surface area contributed by atoms with Crippen molar-refractivity contribution in [2.45, 2.75) is 45.8 Å². The van der Waals surface area contributed by atoms with E-state index < -0.39 is 0 Å². The maximum absolute atomic E-state index is 11.8. The third kappa shape index (κ3) is 5.69. The van der Waals surface area contributed by atoms with E-state index in [4.69, 9.17) is 5.11 Å². The second-order valence-corrected chi connectivity index (χ2v) is 5.00. The molecule has 1 heterocycles. The molecule has 1 rings (SSSR count). The van der Waals surface area contributed by atoms with Gasteiger partial charge in [0.2, 0.25) is 0 Å². The van der Waals surface area contributed by atoms with Crippen LogP contribution in [-0.2, 0) is 6.54 Å². The van der Waals surface area contributed by atoms with Crippen molar-refractivity contribution < 1.29 is 9.90 Å². The summed E-state index contributed by atoms with van der Waals surface area (Å²) in [4.78, 5) is 15.7. The SMILES string of the molecule is CC(Cn1cncn1)NC(=O)NC(CCO)C(C)C. The molecule has 0 aromatic carbocycles. The summed E-state index contributed by atoms with van der Waals surface area (Å²) in [6, 6.07) is -0.299. The fourth-order valence-corrected chi connectivity index (χ4v) is 1.80. The molecule has 0 fully saturated rings. The molecule has 1 aromatic rings. The molecule has 1 aromatic heterocycles. The largest absolute Gasteiger partial charge is 0.396 e. The van der Waals surface area contributed by atoms with E-state index in [1.165, 1.54) is 6.33 Å². The van der Waals surface area contributed by atoms with E-state index in [9.17, 15) is 4.79 Å². The van der Waals surface area contributed by atoms with E-state index in [1.807, 2.05) is 20.8 Å². The van der Waals surface area contributed by atoms with Gasteiger partial charge in [-0.3, -0.25) is 4.68 Å². The van der Waals surface area contributed by atoms with Crippen molar-refractivity contribution in [1.82, 2.24) is 25.4 Å². The van der Waals surface area contributed by atoms with E-state index in [-0.39, 0.29) is 30.6 Å². The van der Waals surface area contributed by atoms with Gasteiger partial charge in [-0.05, 0) is 19.3 Å². The van der Waals surface area contributed by atoms with Gasteiger partial charge < -0.3 is 15.7 Å². The first-order chi connectivity index (χ1) is 9.02. The first-order valence-electron chi connectivity index (χ1n) is 6.53. The standard InChI is InChI=1S/C12H23N5O2/c1-9(2)11(4-5-18)16-12(19)15-10(3)6-17-8-13-7-14-17/h7-11,18H,4-6H2,1-3H3,(H2,15,16,19). The molecule has 0 aliphatic carbocycles. The zero-order valence-electron chi connectivity index (χ0n) is 11.7. The molecule has 19 heavy (non-hydrogen) atoms. The van der Waals surface area contributed by atoms with Gasteiger partial charge in [0.05, 0.1) is 6.54 Å². The Hall–Kier alpha value is -1.63. The number of carbonyl (C=O) groups is 1. The number of hydrogen-bond donors (Lipinski definition) is 3. The van der Waals surface area contributed by atoms with Crippen molar-refractivity contribution in [2.75, 3.05) is 6.61 Å². The number of aromatic nitrogens is 3. The fraction of sp³-hybridized carbons (Fsp3) is 0.750. The number of hydrogen-bond acceptors (Lipinski definition) is 4. The molecular weight excluding hydrogens is 246 g/mol. The summed E-state index contributed by atoms with van der Waals surface area (Å²) in [7, 11) is 0. The maximum atomic E-state index is 11.8. The van der Waals surface area contributed by atoms with Gasteiger partial charge in [0.1, 0.15) is 12.7 Å². The summed E-state index contributed by atoms with van der Waals surface area (Å²) in [5.74, 6) is 0.281. The summed E-state index contributed by atoms with van der Waals surface area (Å²) in [5.41, 5.74) is 0. The summed E-state index contributed by atoms with van der Waals surface area (Å²) in [6.07, 6.45) is 3.63. The lowest BCUT2D eigenvalue weighted by atomic mass is 10.0. The number of aliphatic hydroxyl groups is 1. The second kappa shape index (κ2) is 7.73. The highest BCUT2D eigenvalue weighted by Gasteiger charge is 2.16. The Morgan fingerprint density at radius 3 is 2.63 bits per heavy atom. The zero-order chi connectivity index (χ0) is 14.3. The van der Waals surface area contributed by atoms with Gasteiger partial charge >= 0.3 is 6.03 Å². The number of nitrogens with one attached hydrogen (secondary N) is 2. The Bertz CT molecular complexity index is 366. The van der Waals surface area contributed by atoms with Gasteiger partial charge in [-0.25, -0.2) is 9.78 Å². The topological polar surface area (TPSA) is 92.1 Å². The second-order valence-electron chi connectivity index (χ2n) is 5.00. The molecular formula is C12H23N5O2. The number of urea groups is 1. The lowest BCUT2D eigenvalue weighted by Gasteiger charge is -2.23. The molecule has 2 atom stereocenters. The molecule has 7 nitrogen and oxygen atoms in total. The van der Waals surface area contributed by atoms with E-state index in [0.717, 1.165) is 0 Å². The van der Waals surface area contributed by atoms with Crippen molar-refractivity contribution in [3.05, 3.63) is 12.7 Å². The maximum Gasteiger partial charge on any atom is 0.315 e. The number of nitrogens with zero attached hydrogens (tertiary/aromatic N) is 3. The molecule has 0 bridgehead atoms. The van der Waals surface area contributed by atoms with E-state index in [1.54, 1.807) is 11.0 Å². The number of amides is 2. The quantitative estimate of drug-likeness (QED) is 0.667. The van der Waals surface area contributed by atoms with Crippen LogP contribution in [0.25, 0.3) is 0 Å². The van der Waals surface area contributed by atoms with Crippen LogP contribution < -0.4 is 10.6 Å². The predicted molar refractivity (Wildman–Crippen MR) is 71.5 cm³/mol. The number of aliphatic hydroxyl groups excluding tert-OH is 1. The van der Waals surface area contributed by atoms with Crippen LogP contribution in [0.4, 0.5) is 4.79 Å². The Kier molecular flexibility index (Phi) is 6.27. The van der Waals surface area contributed by atoms with E-state index in [2.05, 4.69) is 20.7 Å². The normalized spacial score (nSPS) is 14.2. The van der Waals surface area contributed by atoms with Gasteiger partial charge in [0, 0.05) is 18.7 Å². The Balaban J connectivity index is 2.36. The third-order valence-corrected chi connectivity index (χ3v) is 2.87. The van der Waals surface area contributed by atoms with Crippen molar-refractivity contribution in [2.24, 2.45) is 5.92 Å². The van der Waals surface area contributed by atoms with Crippen LogP contribution in [0.1, 0.15) is 27.2 Å². The zero-order valence-corrected chi connectivity index (χ0v) is 11.7.